The molecule has 0 amide bonds. The number of hydrogen-bond donors (Lipinski definition) is 1. The molecule has 0 saturated carbocycles. The lowest BCUT2D eigenvalue weighted by Gasteiger charge is -2.28. The van der Waals surface area contributed by atoms with Gasteiger partial charge in [-0.25, -0.2) is 0 Å². The van der Waals surface area contributed by atoms with Crippen LogP contribution in [0, 0.1) is 0 Å². The molecule has 8 heteroatoms. The average Bonchev–Trinajstić information content (AvgIpc) is 2.07. The van der Waals surface area contributed by atoms with Crippen molar-refractivity contribution in [3.8, 4) is 0 Å². The van der Waals surface area contributed by atoms with Crippen molar-refractivity contribution in [2.24, 2.45) is 0 Å². The summed E-state index contributed by atoms with van der Waals surface area (Å²) in [5.41, 5.74) is 0.611. The Hall–Kier alpha value is 0.0200. The van der Waals surface area contributed by atoms with Crippen LogP contribution in [-0.4, -0.2) is 25.5 Å². The minimum absolute atomic E-state index is 0.241. The maximum atomic E-state index is 10.7. The highest BCUT2D eigenvalue weighted by molar-refractivity contribution is 8.31. The fraction of sp³-hybridized carbons (Fsp3) is 0.333. The molecule has 1 rings (SSSR count). The lowest BCUT2D eigenvalue weighted by Crippen LogP contribution is -2.11. The van der Waals surface area contributed by atoms with E-state index in [0.29, 0.717) is 15.6 Å². The summed E-state index contributed by atoms with van der Waals surface area (Å²) in [6.45, 7) is 0. The topological polar surface area (TPSA) is 63.6 Å². The molecular formula is C9H12Cl2O4S2. The molecule has 0 aliphatic heterocycles. The molecule has 98 valence electrons. The Morgan fingerprint density at radius 2 is 1.71 bits per heavy atom. The summed E-state index contributed by atoms with van der Waals surface area (Å²) >= 11 is 11.9. The number of rotatable bonds is 4. The van der Waals surface area contributed by atoms with Gasteiger partial charge in [0.15, 0.2) is 0 Å². The van der Waals surface area contributed by atoms with Gasteiger partial charge in [-0.3, -0.25) is 4.55 Å². The molecule has 0 saturated heterocycles. The standard InChI is InChI=1S/C9H12Cl2O4S2/c1-16(2,15-17(12,13)14)6-7-8(10)4-3-5-9(7)11/h3-5H,6H2,1-2H3,(H,12,13,14). The van der Waals surface area contributed by atoms with Crippen molar-refractivity contribution >= 4 is 43.9 Å². The average molecular weight is 319 g/mol. The Labute approximate surface area is 112 Å². The summed E-state index contributed by atoms with van der Waals surface area (Å²) in [6.07, 6.45) is 3.20. The molecule has 1 N–H and O–H groups in total. The van der Waals surface area contributed by atoms with E-state index in [4.69, 9.17) is 27.8 Å². The van der Waals surface area contributed by atoms with Crippen LogP contribution in [0.2, 0.25) is 10.0 Å². The third-order valence-corrected chi connectivity index (χ3v) is 5.68. The lowest BCUT2D eigenvalue weighted by molar-refractivity contribution is 0.403. The Balaban J connectivity index is 2.98. The van der Waals surface area contributed by atoms with Gasteiger partial charge in [0.2, 0.25) is 0 Å². The molecule has 0 atom stereocenters. The predicted octanol–water partition coefficient (Wildman–Crippen LogP) is 3.29. The number of benzene rings is 1. The monoisotopic (exact) mass is 318 g/mol. The Morgan fingerprint density at radius 3 is 2.12 bits per heavy atom. The molecule has 0 bridgehead atoms. The van der Waals surface area contributed by atoms with Gasteiger partial charge in [-0.05, 0) is 30.2 Å². The largest absolute Gasteiger partial charge is 0.406 e. The molecule has 0 radical (unpaired) electrons. The van der Waals surface area contributed by atoms with Crippen LogP contribution in [0.3, 0.4) is 0 Å². The van der Waals surface area contributed by atoms with E-state index in [-0.39, 0.29) is 5.75 Å². The molecule has 0 fully saturated rings. The fourth-order valence-corrected chi connectivity index (χ4v) is 5.03. The van der Waals surface area contributed by atoms with E-state index < -0.39 is 20.7 Å². The van der Waals surface area contributed by atoms with Crippen molar-refractivity contribution in [2.75, 3.05) is 12.5 Å². The Morgan fingerprint density at radius 1 is 1.24 bits per heavy atom. The highest BCUT2D eigenvalue weighted by atomic mass is 35.5. The minimum Gasteiger partial charge on any atom is -0.263 e. The molecule has 0 spiro atoms. The van der Waals surface area contributed by atoms with Crippen LogP contribution in [0.25, 0.3) is 0 Å². The van der Waals surface area contributed by atoms with Crippen molar-refractivity contribution < 1.29 is 16.6 Å². The van der Waals surface area contributed by atoms with Gasteiger partial charge >= 0.3 is 10.4 Å². The first-order valence-corrected chi connectivity index (χ1v) is 9.09. The first-order chi connectivity index (χ1) is 7.61. The van der Waals surface area contributed by atoms with Gasteiger partial charge in [-0.1, -0.05) is 29.3 Å². The highest BCUT2D eigenvalue weighted by Crippen LogP contribution is 2.48. The summed E-state index contributed by atoms with van der Waals surface area (Å²) in [7, 11) is -6.52. The van der Waals surface area contributed by atoms with Crippen LogP contribution >= 0.6 is 33.5 Å². The zero-order chi connectivity index (χ0) is 13.3. The second kappa shape index (κ2) is 5.34. The Bertz CT molecular complexity index is 493. The third kappa shape index (κ3) is 5.03. The Kier molecular flexibility index (Phi) is 4.73. The highest BCUT2D eigenvalue weighted by Gasteiger charge is 2.23. The number of hydrogen-bond acceptors (Lipinski definition) is 3. The summed E-state index contributed by atoms with van der Waals surface area (Å²) in [4.78, 5) is 0. The molecule has 1 aromatic rings. The molecule has 4 nitrogen and oxygen atoms in total. The summed E-state index contributed by atoms with van der Waals surface area (Å²) < 4.78 is 34.7. The van der Waals surface area contributed by atoms with Crippen LogP contribution in [0.5, 0.6) is 0 Å². The van der Waals surface area contributed by atoms with E-state index in [0.717, 1.165) is 0 Å². The smallest absolute Gasteiger partial charge is 0.263 e. The molecular weight excluding hydrogens is 307 g/mol. The van der Waals surface area contributed by atoms with Gasteiger partial charge in [0.05, 0.1) is 0 Å². The molecule has 0 aliphatic rings. The van der Waals surface area contributed by atoms with E-state index >= 15 is 0 Å². The maximum absolute atomic E-state index is 10.7. The van der Waals surface area contributed by atoms with E-state index in [9.17, 15) is 8.42 Å². The normalized spacial score (nSPS) is 13.7. The van der Waals surface area contributed by atoms with Crippen molar-refractivity contribution in [1.82, 2.24) is 0 Å². The van der Waals surface area contributed by atoms with Crippen molar-refractivity contribution in [1.29, 1.82) is 0 Å². The van der Waals surface area contributed by atoms with Gasteiger partial charge in [-0.15, -0.1) is 10.3 Å². The molecule has 0 aliphatic carbocycles. The van der Waals surface area contributed by atoms with Crippen LogP contribution in [0.1, 0.15) is 5.56 Å². The lowest BCUT2D eigenvalue weighted by atomic mass is 10.2. The summed E-state index contributed by atoms with van der Waals surface area (Å²) in [5.74, 6) is 0.241. The first-order valence-electron chi connectivity index (χ1n) is 4.43. The van der Waals surface area contributed by atoms with E-state index in [1.165, 1.54) is 0 Å². The second-order valence-corrected chi connectivity index (χ2v) is 9.15. The number of halogens is 2. The van der Waals surface area contributed by atoms with Crippen molar-refractivity contribution in [3.05, 3.63) is 33.8 Å². The van der Waals surface area contributed by atoms with Crippen LogP contribution in [0.4, 0.5) is 0 Å². The fourth-order valence-electron chi connectivity index (χ4n) is 1.27. The van der Waals surface area contributed by atoms with E-state index in [1.807, 2.05) is 0 Å². The van der Waals surface area contributed by atoms with Gasteiger partial charge in [0.25, 0.3) is 0 Å². The first kappa shape index (κ1) is 15.1. The zero-order valence-corrected chi connectivity index (χ0v) is 12.3. The van der Waals surface area contributed by atoms with Crippen molar-refractivity contribution in [2.45, 2.75) is 5.75 Å². The summed E-state index contributed by atoms with van der Waals surface area (Å²) in [6, 6.07) is 5.01. The quantitative estimate of drug-likeness (QED) is 0.865. The van der Waals surface area contributed by atoms with E-state index in [1.54, 1.807) is 30.7 Å². The van der Waals surface area contributed by atoms with Crippen molar-refractivity contribution in [3.63, 3.8) is 0 Å². The molecule has 17 heavy (non-hydrogen) atoms. The van der Waals surface area contributed by atoms with Gasteiger partial charge < -0.3 is 0 Å². The second-order valence-electron chi connectivity index (χ2n) is 3.78. The SMILES string of the molecule is CS(C)(Cc1c(Cl)cccc1Cl)OS(=O)(=O)O. The van der Waals surface area contributed by atoms with Gasteiger partial charge in [-0.2, -0.15) is 12.0 Å². The van der Waals surface area contributed by atoms with Crippen LogP contribution in [0.15, 0.2) is 18.2 Å². The summed E-state index contributed by atoms with van der Waals surface area (Å²) in [5, 5.41) is 0.883. The molecule has 0 heterocycles. The predicted molar refractivity (Wildman–Crippen MR) is 72.2 cm³/mol. The van der Waals surface area contributed by atoms with E-state index in [2.05, 4.69) is 3.63 Å². The molecule has 1 aromatic carbocycles. The van der Waals surface area contributed by atoms with Gasteiger partial charge in [0.1, 0.15) is 0 Å². The van der Waals surface area contributed by atoms with Gasteiger partial charge in [0, 0.05) is 15.8 Å². The van der Waals surface area contributed by atoms with Crippen LogP contribution < -0.4 is 0 Å². The molecule has 0 aromatic heterocycles. The maximum Gasteiger partial charge on any atom is 0.406 e. The minimum atomic E-state index is -4.48. The zero-order valence-electron chi connectivity index (χ0n) is 9.18. The molecule has 0 unspecified atom stereocenters. The van der Waals surface area contributed by atoms with Crippen LogP contribution in [-0.2, 0) is 19.8 Å². The third-order valence-electron chi connectivity index (χ3n) is 1.82.